The number of pyridine rings is 1. The fourth-order valence-corrected chi connectivity index (χ4v) is 9.46. The fraction of sp³-hybridized carbons (Fsp3) is 0.273. The summed E-state index contributed by atoms with van der Waals surface area (Å²) < 4.78 is 29.4. The number of fused-ring (bicyclic) bond motifs is 1. The molecule has 0 aliphatic heterocycles. The van der Waals surface area contributed by atoms with Gasteiger partial charge in [0.05, 0.1) is 28.0 Å². The number of hydrogen-bond donors (Lipinski definition) is 1. The Morgan fingerprint density at radius 1 is 0.471 bits per heavy atom. The smallest absolute Gasteiger partial charge is 0.149 e. The Balaban J connectivity index is 1.41. The van der Waals surface area contributed by atoms with Crippen LogP contribution in [0.2, 0.25) is 0 Å². The second-order valence-electron chi connectivity index (χ2n) is 23.3. The van der Waals surface area contributed by atoms with Gasteiger partial charge in [-0.15, -0.1) is 0 Å². The molecule has 354 valence electrons. The van der Waals surface area contributed by atoms with Crippen molar-refractivity contribution in [1.29, 1.82) is 0 Å². The monoisotopic (exact) mass is 923 g/mol. The molecule has 70 heavy (non-hydrogen) atoms. The highest BCUT2D eigenvalue weighted by molar-refractivity contribution is 5.98. The van der Waals surface area contributed by atoms with Gasteiger partial charge >= 0.3 is 0 Å². The summed E-state index contributed by atoms with van der Waals surface area (Å²) in [5.41, 5.74) is 16.4. The second kappa shape index (κ2) is 17.7. The van der Waals surface area contributed by atoms with E-state index in [-0.39, 0.29) is 27.6 Å². The van der Waals surface area contributed by atoms with Crippen LogP contribution in [0.1, 0.15) is 121 Å². The zero-order chi connectivity index (χ0) is 52.6. The molecule has 4 nitrogen and oxygen atoms in total. The summed E-state index contributed by atoms with van der Waals surface area (Å²) >= 11 is 0. The van der Waals surface area contributed by atoms with E-state index in [1.165, 1.54) is 11.1 Å². The first-order valence-electron chi connectivity index (χ1n) is 26.1. The van der Waals surface area contributed by atoms with Crippen LogP contribution in [0.25, 0.3) is 83.9 Å². The minimum absolute atomic E-state index is 0.0870. The van der Waals surface area contributed by atoms with Crippen LogP contribution in [0.3, 0.4) is 0 Å². The maximum absolute atomic E-state index is 12.8. The van der Waals surface area contributed by atoms with E-state index in [1.54, 1.807) is 0 Å². The van der Waals surface area contributed by atoms with Crippen molar-refractivity contribution in [3.05, 3.63) is 191 Å². The van der Waals surface area contributed by atoms with Gasteiger partial charge < -0.3 is 5.11 Å². The number of phenols is 1. The van der Waals surface area contributed by atoms with Crippen molar-refractivity contribution in [2.75, 3.05) is 0 Å². The van der Waals surface area contributed by atoms with Crippen molar-refractivity contribution >= 4 is 11.0 Å². The first kappa shape index (κ1) is 44.2. The van der Waals surface area contributed by atoms with Gasteiger partial charge in [0.15, 0.2) is 0 Å². The van der Waals surface area contributed by atoms with Gasteiger partial charge in [-0.25, -0.2) is 4.98 Å². The van der Waals surface area contributed by atoms with E-state index in [9.17, 15) is 5.11 Å². The number of nitrogens with zero attached hydrogens (tertiary/aromatic N) is 3. The van der Waals surface area contributed by atoms with Crippen LogP contribution in [-0.2, 0) is 21.7 Å². The van der Waals surface area contributed by atoms with Gasteiger partial charge in [-0.3, -0.25) is 9.55 Å². The first-order valence-corrected chi connectivity index (χ1v) is 24.6. The molecule has 0 fully saturated rings. The van der Waals surface area contributed by atoms with Crippen molar-refractivity contribution in [2.24, 2.45) is 0 Å². The molecule has 0 aliphatic carbocycles. The highest BCUT2D eigenvalue weighted by Gasteiger charge is 2.30. The molecule has 0 saturated heterocycles. The summed E-state index contributed by atoms with van der Waals surface area (Å²) in [6.45, 7) is 25.8. The molecule has 9 rings (SSSR count). The molecule has 0 atom stereocenters. The molecular weight excluding hydrogens is 851 g/mol. The number of aromatic nitrogens is 3. The fourth-order valence-electron chi connectivity index (χ4n) is 9.46. The van der Waals surface area contributed by atoms with E-state index in [0.29, 0.717) is 28.2 Å². The Morgan fingerprint density at radius 2 is 1.10 bits per heavy atom. The topological polar surface area (TPSA) is 50.9 Å². The van der Waals surface area contributed by atoms with Crippen LogP contribution in [0.4, 0.5) is 0 Å². The Morgan fingerprint density at radius 3 is 1.74 bits per heavy atom. The number of para-hydroxylation sites is 1. The second-order valence-corrected chi connectivity index (χ2v) is 23.3. The van der Waals surface area contributed by atoms with Crippen LogP contribution < -0.4 is 0 Å². The molecule has 2 heterocycles. The van der Waals surface area contributed by atoms with Crippen LogP contribution in [-0.4, -0.2) is 19.6 Å². The van der Waals surface area contributed by atoms with Gasteiger partial charge in [0.1, 0.15) is 11.6 Å². The standard InChI is InChI=1S/C66H69N3O/c1-41-23-25-43(26-24-41)46-31-32-67-57(37-46)48-34-47(35-50(36-48)64(6,7)8)52-21-18-22-58-60(52)68-62(55-38-51(65(9,10)11)39-56(61(55)70)66(12,13)14)69(58)59-33-42(2)53(44-19-16-15-17-20-44)40-54(59)45-27-29-49(30-28-45)63(3,4)5/h15-40,70H,1-14H3/i2D3. The molecule has 1 N–H and O–H groups in total. The lowest BCUT2D eigenvalue weighted by Gasteiger charge is -2.28. The first-order chi connectivity index (χ1) is 34.2. The zero-order valence-electron chi connectivity index (χ0n) is 46.3. The van der Waals surface area contributed by atoms with E-state index in [1.807, 2.05) is 48.7 Å². The molecule has 0 aliphatic rings. The van der Waals surface area contributed by atoms with Crippen LogP contribution in [0, 0.1) is 13.8 Å². The van der Waals surface area contributed by atoms with E-state index >= 15 is 0 Å². The number of benzene rings is 7. The Hall–Kier alpha value is -7.04. The average Bonchev–Trinajstić information content (AvgIpc) is 3.72. The van der Waals surface area contributed by atoms with Crippen LogP contribution in [0.15, 0.2) is 158 Å². The van der Waals surface area contributed by atoms with Crippen molar-refractivity contribution in [1.82, 2.24) is 14.5 Å². The summed E-state index contributed by atoms with van der Waals surface area (Å²) in [5.74, 6) is 0.649. The summed E-state index contributed by atoms with van der Waals surface area (Å²) in [7, 11) is 0. The molecule has 0 amide bonds. The normalized spacial score (nSPS) is 13.3. The third-order valence-corrected chi connectivity index (χ3v) is 13.8. The van der Waals surface area contributed by atoms with Gasteiger partial charge in [-0.2, -0.15) is 0 Å². The molecule has 7 aromatic carbocycles. The molecule has 2 aromatic heterocycles. The largest absolute Gasteiger partial charge is 0.507 e. The van der Waals surface area contributed by atoms with Crippen molar-refractivity contribution in [2.45, 2.75) is 119 Å². The number of rotatable bonds is 7. The van der Waals surface area contributed by atoms with E-state index in [2.05, 4.69) is 204 Å². The molecule has 4 heteroatoms. The lowest BCUT2D eigenvalue weighted by Crippen LogP contribution is -2.17. The van der Waals surface area contributed by atoms with E-state index in [4.69, 9.17) is 14.1 Å². The maximum Gasteiger partial charge on any atom is 0.149 e. The predicted octanol–water partition coefficient (Wildman–Crippen LogP) is 17.9. The number of hydrogen-bond acceptors (Lipinski definition) is 3. The van der Waals surface area contributed by atoms with E-state index < -0.39 is 12.3 Å². The minimum atomic E-state index is -2.49. The van der Waals surface area contributed by atoms with Gasteiger partial charge in [-0.1, -0.05) is 192 Å². The summed E-state index contributed by atoms with van der Waals surface area (Å²) in [6, 6.07) is 52.3. The molecular formula is C66H69N3O. The minimum Gasteiger partial charge on any atom is -0.507 e. The lowest BCUT2D eigenvalue weighted by molar-refractivity contribution is 0.446. The highest BCUT2D eigenvalue weighted by atomic mass is 16.3. The third-order valence-electron chi connectivity index (χ3n) is 13.8. The Labute approximate surface area is 421 Å². The number of imidazole rings is 1. The Bertz CT molecular complexity index is 3520. The average molecular weight is 923 g/mol. The van der Waals surface area contributed by atoms with Gasteiger partial charge in [0.2, 0.25) is 0 Å². The van der Waals surface area contributed by atoms with Crippen molar-refractivity contribution in [3.8, 4) is 78.6 Å². The van der Waals surface area contributed by atoms with Crippen LogP contribution >= 0.6 is 0 Å². The predicted molar refractivity (Wildman–Crippen MR) is 297 cm³/mol. The van der Waals surface area contributed by atoms with Crippen molar-refractivity contribution in [3.63, 3.8) is 0 Å². The molecule has 0 radical (unpaired) electrons. The summed E-state index contributed by atoms with van der Waals surface area (Å²) in [6.07, 6.45) is 1.89. The maximum atomic E-state index is 12.8. The molecule has 0 saturated carbocycles. The van der Waals surface area contributed by atoms with Gasteiger partial charge in [0.25, 0.3) is 0 Å². The summed E-state index contributed by atoms with van der Waals surface area (Å²) in [5, 5.41) is 12.8. The Kier molecular flexibility index (Phi) is 11.2. The SMILES string of the molecule is [2H]C([2H])([2H])c1cc(-n2c(-c3cc(C(C)(C)C)cc(C(C)(C)C)c3O)nc3c(-c4cc(-c5cc(-c6ccc(C)cc6)ccn5)cc(C(C)(C)C)c4)cccc32)c(-c2ccc(C(C)(C)C)cc2)cc1-c1ccccc1. The van der Waals surface area contributed by atoms with Gasteiger partial charge in [0, 0.05) is 32.6 Å². The van der Waals surface area contributed by atoms with Crippen molar-refractivity contribution < 1.29 is 9.22 Å². The lowest BCUT2D eigenvalue weighted by atomic mass is 9.79. The molecule has 0 bridgehead atoms. The molecule has 0 unspecified atom stereocenters. The zero-order valence-corrected chi connectivity index (χ0v) is 43.3. The number of phenolic OH excluding ortho intramolecular Hbond substituents is 1. The number of aromatic hydroxyl groups is 1. The van der Waals surface area contributed by atoms with E-state index in [0.717, 1.165) is 72.4 Å². The molecule has 0 spiro atoms. The van der Waals surface area contributed by atoms with Crippen LogP contribution in [0.5, 0.6) is 5.75 Å². The summed E-state index contributed by atoms with van der Waals surface area (Å²) in [4.78, 5) is 10.7. The van der Waals surface area contributed by atoms with Gasteiger partial charge in [-0.05, 0) is 140 Å². The number of aryl methyl sites for hydroxylation is 2. The molecule has 9 aromatic rings. The highest BCUT2D eigenvalue weighted by Crippen LogP contribution is 2.47. The quantitative estimate of drug-likeness (QED) is 0.173. The third kappa shape index (κ3) is 9.37.